The van der Waals surface area contributed by atoms with Crippen molar-refractivity contribution >= 4 is 22.4 Å². The van der Waals surface area contributed by atoms with Gasteiger partial charge in [-0.3, -0.25) is 4.79 Å². The minimum atomic E-state index is -4.49. The number of benzene rings is 1. The van der Waals surface area contributed by atoms with Gasteiger partial charge in [-0.05, 0) is 25.1 Å². The van der Waals surface area contributed by atoms with Crippen molar-refractivity contribution < 1.29 is 18.0 Å². The number of nitrogens with one attached hydrogen (secondary N) is 1. The molecule has 1 heterocycles. The third-order valence-electron chi connectivity index (χ3n) is 2.63. The molecule has 0 bridgehead atoms. The van der Waals surface area contributed by atoms with Crippen molar-refractivity contribution in [3.63, 3.8) is 0 Å². The predicted molar refractivity (Wildman–Crippen MR) is 71.6 cm³/mol. The number of nitrogen functional groups attached to an aromatic ring is 1. The Bertz CT molecular complexity index is 656. The van der Waals surface area contributed by atoms with E-state index in [-0.39, 0.29) is 10.7 Å². The number of rotatable bonds is 3. The van der Waals surface area contributed by atoms with Crippen LogP contribution in [0.4, 0.5) is 18.3 Å². The maximum atomic E-state index is 12.6. The molecular weight excluding hydrogens is 305 g/mol. The Morgan fingerprint density at radius 3 is 2.67 bits per heavy atom. The second-order valence-electron chi connectivity index (χ2n) is 4.25. The van der Waals surface area contributed by atoms with E-state index < -0.39 is 23.7 Å². The van der Waals surface area contributed by atoms with Crippen LogP contribution in [0, 0.1) is 0 Å². The van der Waals surface area contributed by atoms with E-state index >= 15 is 0 Å². The summed E-state index contributed by atoms with van der Waals surface area (Å²) in [5.41, 5.74) is 4.49. The monoisotopic (exact) mass is 316 g/mol. The highest BCUT2D eigenvalue weighted by Crippen LogP contribution is 2.29. The van der Waals surface area contributed by atoms with Gasteiger partial charge in [0.25, 0.3) is 5.91 Å². The maximum Gasteiger partial charge on any atom is 0.416 e. The summed E-state index contributed by atoms with van der Waals surface area (Å²) in [6, 6.07) is 3.71. The van der Waals surface area contributed by atoms with Gasteiger partial charge in [0.15, 0.2) is 0 Å². The van der Waals surface area contributed by atoms with Crippen LogP contribution >= 0.6 is 11.3 Å². The van der Waals surface area contributed by atoms with Gasteiger partial charge in [-0.1, -0.05) is 17.4 Å². The average Bonchev–Trinajstić information content (AvgIpc) is 2.84. The molecule has 0 saturated heterocycles. The van der Waals surface area contributed by atoms with Crippen LogP contribution in [0.25, 0.3) is 0 Å². The molecule has 2 rings (SSSR count). The molecule has 0 aliphatic heterocycles. The number of carbonyl (C=O) groups is 1. The second kappa shape index (κ2) is 5.68. The normalized spacial score (nSPS) is 13.0. The molecule has 0 fully saturated rings. The molecule has 0 unspecified atom stereocenters. The van der Waals surface area contributed by atoms with Crippen LogP contribution in [0.2, 0.25) is 0 Å². The first-order valence-corrected chi connectivity index (χ1v) is 6.66. The minimum absolute atomic E-state index is 0.0748. The SMILES string of the molecule is C[C@@H](NC(=O)c1cccc(C(F)(F)F)c1)c1nnc(N)s1. The van der Waals surface area contributed by atoms with E-state index in [0.717, 1.165) is 23.5 Å². The first-order chi connectivity index (χ1) is 9.77. The Morgan fingerprint density at radius 1 is 1.38 bits per heavy atom. The van der Waals surface area contributed by atoms with E-state index in [9.17, 15) is 18.0 Å². The van der Waals surface area contributed by atoms with Gasteiger partial charge in [0.1, 0.15) is 5.01 Å². The van der Waals surface area contributed by atoms with Crippen molar-refractivity contribution in [1.82, 2.24) is 15.5 Å². The summed E-state index contributed by atoms with van der Waals surface area (Å²) in [7, 11) is 0. The van der Waals surface area contributed by atoms with Gasteiger partial charge in [-0.15, -0.1) is 10.2 Å². The van der Waals surface area contributed by atoms with Gasteiger partial charge >= 0.3 is 6.18 Å². The summed E-state index contributed by atoms with van der Waals surface area (Å²) in [6.45, 7) is 1.64. The standard InChI is InChI=1S/C12H11F3N4OS/c1-6(10-18-19-11(16)21-10)17-9(20)7-3-2-4-8(5-7)12(13,14)15/h2-6H,1H3,(H2,16,19)(H,17,20)/t6-/m1/s1. The van der Waals surface area contributed by atoms with E-state index in [1.807, 2.05) is 0 Å². The Labute approximate surface area is 122 Å². The minimum Gasteiger partial charge on any atom is -0.374 e. The van der Waals surface area contributed by atoms with Crippen LogP contribution in [-0.2, 0) is 6.18 Å². The molecule has 3 N–H and O–H groups in total. The zero-order valence-electron chi connectivity index (χ0n) is 10.8. The van der Waals surface area contributed by atoms with Gasteiger partial charge in [-0.25, -0.2) is 0 Å². The summed E-state index contributed by atoms with van der Waals surface area (Å²) >= 11 is 1.10. The van der Waals surface area contributed by atoms with Crippen molar-refractivity contribution in [2.75, 3.05) is 5.73 Å². The van der Waals surface area contributed by atoms with E-state index in [4.69, 9.17) is 5.73 Å². The highest BCUT2D eigenvalue weighted by atomic mass is 32.1. The topological polar surface area (TPSA) is 80.9 Å². The lowest BCUT2D eigenvalue weighted by Gasteiger charge is -2.12. The van der Waals surface area contributed by atoms with Crippen LogP contribution in [-0.4, -0.2) is 16.1 Å². The van der Waals surface area contributed by atoms with E-state index in [1.54, 1.807) is 6.92 Å². The van der Waals surface area contributed by atoms with Gasteiger partial charge in [-0.2, -0.15) is 13.2 Å². The van der Waals surface area contributed by atoms with Crippen LogP contribution < -0.4 is 11.1 Å². The van der Waals surface area contributed by atoms with Gasteiger partial charge < -0.3 is 11.1 Å². The molecule has 0 radical (unpaired) electrons. The fraction of sp³-hybridized carbons (Fsp3) is 0.250. The first kappa shape index (κ1) is 15.2. The third-order valence-corrected chi connectivity index (χ3v) is 3.56. The maximum absolute atomic E-state index is 12.6. The third kappa shape index (κ3) is 3.69. The fourth-order valence-electron chi connectivity index (χ4n) is 1.60. The molecule has 9 heteroatoms. The van der Waals surface area contributed by atoms with Gasteiger partial charge in [0.2, 0.25) is 5.13 Å². The van der Waals surface area contributed by atoms with Crippen molar-refractivity contribution in [2.24, 2.45) is 0 Å². The van der Waals surface area contributed by atoms with E-state index in [1.165, 1.54) is 12.1 Å². The fourth-order valence-corrected chi connectivity index (χ4v) is 2.21. The van der Waals surface area contributed by atoms with Gasteiger partial charge in [0.05, 0.1) is 11.6 Å². The van der Waals surface area contributed by atoms with Crippen LogP contribution in [0.5, 0.6) is 0 Å². The molecule has 21 heavy (non-hydrogen) atoms. The first-order valence-electron chi connectivity index (χ1n) is 5.84. The largest absolute Gasteiger partial charge is 0.416 e. The zero-order valence-corrected chi connectivity index (χ0v) is 11.6. The smallest absolute Gasteiger partial charge is 0.374 e. The summed E-state index contributed by atoms with van der Waals surface area (Å²) < 4.78 is 37.8. The Kier molecular flexibility index (Phi) is 4.12. The summed E-state index contributed by atoms with van der Waals surface area (Å²) in [5.74, 6) is -0.623. The molecule has 5 nitrogen and oxygen atoms in total. The predicted octanol–water partition coefficient (Wildman–Crippen LogP) is 2.63. The van der Waals surface area contributed by atoms with Crippen molar-refractivity contribution in [1.29, 1.82) is 0 Å². The number of hydrogen-bond donors (Lipinski definition) is 2. The van der Waals surface area contributed by atoms with Crippen molar-refractivity contribution in [2.45, 2.75) is 19.1 Å². The molecule has 1 atom stereocenters. The van der Waals surface area contributed by atoms with Crippen LogP contribution in [0.3, 0.4) is 0 Å². The molecule has 0 aliphatic carbocycles. The Hall–Kier alpha value is -2.16. The van der Waals surface area contributed by atoms with Crippen molar-refractivity contribution in [3.8, 4) is 0 Å². The van der Waals surface area contributed by atoms with Crippen molar-refractivity contribution in [3.05, 3.63) is 40.4 Å². The van der Waals surface area contributed by atoms with Gasteiger partial charge in [0, 0.05) is 5.56 Å². The molecule has 0 saturated carbocycles. The molecule has 1 aromatic carbocycles. The lowest BCUT2D eigenvalue weighted by Crippen LogP contribution is -2.26. The number of amides is 1. The lowest BCUT2D eigenvalue weighted by atomic mass is 10.1. The number of anilines is 1. The second-order valence-corrected chi connectivity index (χ2v) is 5.29. The molecule has 112 valence electrons. The molecule has 1 amide bonds. The number of nitrogens with zero attached hydrogens (tertiary/aromatic N) is 2. The molecule has 0 aliphatic rings. The van der Waals surface area contributed by atoms with E-state index in [2.05, 4.69) is 15.5 Å². The lowest BCUT2D eigenvalue weighted by molar-refractivity contribution is -0.137. The number of hydrogen-bond acceptors (Lipinski definition) is 5. The molecule has 1 aromatic heterocycles. The quantitative estimate of drug-likeness (QED) is 0.912. The summed E-state index contributed by atoms with van der Waals surface area (Å²) in [4.78, 5) is 12.0. The summed E-state index contributed by atoms with van der Waals surface area (Å²) in [5, 5.41) is 10.7. The number of aromatic nitrogens is 2. The zero-order chi connectivity index (χ0) is 15.6. The Balaban J connectivity index is 2.13. The highest BCUT2D eigenvalue weighted by molar-refractivity contribution is 7.15. The Morgan fingerprint density at radius 2 is 2.10 bits per heavy atom. The molecule has 0 spiro atoms. The highest BCUT2D eigenvalue weighted by Gasteiger charge is 2.31. The average molecular weight is 316 g/mol. The number of halogens is 3. The summed E-state index contributed by atoms with van der Waals surface area (Å²) in [6.07, 6.45) is -4.49. The van der Waals surface area contributed by atoms with Crippen LogP contribution in [0.1, 0.15) is 33.9 Å². The number of alkyl halides is 3. The molecule has 2 aromatic rings. The molecular formula is C12H11F3N4OS. The number of nitrogens with two attached hydrogens (primary N) is 1. The number of carbonyl (C=O) groups excluding carboxylic acids is 1. The van der Waals surface area contributed by atoms with E-state index in [0.29, 0.717) is 5.01 Å². The van der Waals surface area contributed by atoms with Crippen LogP contribution in [0.15, 0.2) is 24.3 Å².